The quantitative estimate of drug-likeness (QED) is 0.877. The van der Waals surface area contributed by atoms with Gasteiger partial charge in [0.1, 0.15) is 0 Å². The first-order valence-electron chi connectivity index (χ1n) is 7.49. The molecular weight excluding hydrogens is 236 g/mol. The van der Waals surface area contributed by atoms with E-state index >= 15 is 0 Å². The Morgan fingerprint density at radius 2 is 2.00 bits per heavy atom. The highest BCUT2D eigenvalue weighted by Crippen LogP contribution is 2.25. The highest BCUT2D eigenvalue weighted by atomic mass is 16.3. The van der Waals surface area contributed by atoms with E-state index in [1.165, 1.54) is 30.5 Å². The molecule has 1 saturated heterocycles. The van der Waals surface area contributed by atoms with Gasteiger partial charge >= 0.3 is 0 Å². The van der Waals surface area contributed by atoms with Crippen molar-refractivity contribution < 1.29 is 5.11 Å². The van der Waals surface area contributed by atoms with Crippen molar-refractivity contribution in [2.45, 2.75) is 51.1 Å². The average molecular weight is 262 g/mol. The summed E-state index contributed by atoms with van der Waals surface area (Å²) in [4.78, 5) is 2.36. The zero-order valence-electron chi connectivity index (χ0n) is 11.9. The van der Waals surface area contributed by atoms with Gasteiger partial charge in [-0.2, -0.15) is 0 Å². The van der Waals surface area contributed by atoms with Crippen molar-refractivity contribution in [1.82, 2.24) is 0 Å². The summed E-state index contributed by atoms with van der Waals surface area (Å²) in [6, 6.07) is 8.96. The molecular formula is C16H26N2O. The van der Waals surface area contributed by atoms with Crippen LogP contribution >= 0.6 is 0 Å². The largest absolute Gasteiger partial charge is 0.394 e. The molecule has 1 aromatic carbocycles. The van der Waals surface area contributed by atoms with Gasteiger partial charge in [-0.25, -0.2) is 0 Å². The van der Waals surface area contributed by atoms with E-state index in [2.05, 4.69) is 36.1 Å². The lowest BCUT2D eigenvalue weighted by Crippen LogP contribution is -2.37. The number of hydrogen-bond donors (Lipinski definition) is 2. The monoisotopic (exact) mass is 262 g/mol. The fourth-order valence-corrected chi connectivity index (χ4v) is 2.86. The normalized spacial score (nSPS) is 22.1. The second kappa shape index (κ2) is 6.92. The lowest BCUT2D eigenvalue weighted by molar-refractivity contribution is 0.255. The molecule has 0 bridgehead atoms. The molecule has 1 aliphatic rings. The van der Waals surface area contributed by atoms with Gasteiger partial charge in [0.15, 0.2) is 0 Å². The van der Waals surface area contributed by atoms with E-state index in [1.807, 2.05) is 0 Å². The Labute approximate surface area is 116 Å². The third-order valence-corrected chi connectivity index (χ3v) is 4.18. The van der Waals surface area contributed by atoms with Crippen molar-refractivity contribution in [2.24, 2.45) is 5.73 Å². The van der Waals surface area contributed by atoms with Gasteiger partial charge in [0.05, 0.1) is 12.6 Å². The van der Waals surface area contributed by atoms with Crippen molar-refractivity contribution >= 4 is 5.69 Å². The highest BCUT2D eigenvalue weighted by Gasteiger charge is 2.20. The van der Waals surface area contributed by atoms with E-state index in [0.29, 0.717) is 0 Å². The molecule has 106 valence electrons. The zero-order chi connectivity index (χ0) is 13.7. The van der Waals surface area contributed by atoms with Gasteiger partial charge in [-0.15, -0.1) is 0 Å². The molecule has 0 amide bonds. The molecule has 1 heterocycles. The number of aliphatic hydroxyl groups is 1. The molecule has 1 aliphatic heterocycles. The first-order valence-corrected chi connectivity index (χ1v) is 7.49. The molecule has 2 atom stereocenters. The Bertz CT molecular complexity index is 377. The summed E-state index contributed by atoms with van der Waals surface area (Å²) in [6.07, 6.45) is 5.76. The standard InChI is InChI=1S/C16H26N2O/c1-2-16(17)13-7-9-14(10-8-13)18-11-5-3-4-6-15(18)12-19/h7-10,15-16,19H,2-6,11-12,17H2,1H3/t15?,16-/m0/s1. The molecule has 3 nitrogen and oxygen atoms in total. The number of hydrogen-bond acceptors (Lipinski definition) is 3. The number of nitrogens with two attached hydrogens (primary N) is 1. The number of rotatable bonds is 4. The molecule has 3 heteroatoms. The first-order chi connectivity index (χ1) is 9.26. The molecule has 2 rings (SSSR count). The van der Waals surface area contributed by atoms with Crippen LogP contribution in [0.3, 0.4) is 0 Å². The van der Waals surface area contributed by atoms with Gasteiger partial charge in [-0.05, 0) is 37.0 Å². The van der Waals surface area contributed by atoms with Crippen molar-refractivity contribution in [3.05, 3.63) is 29.8 Å². The number of benzene rings is 1. The van der Waals surface area contributed by atoms with E-state index in [4.69, 9.17) is 5.73 Å². The third kappa shape index (κ3) is 3.48. The summed E-state index contributed by atoms with van der Waals surface area (Å²) >= 11 is 0. The summed E-state index contributed by atoms with van der Waals surface area (Å²) in [5.41, 5.74) is 8.46. The van der Waals surface area contributed by atoms with Crippen LogP contribution < -0.4 is 10.6 Å². The summed E-state index contributed by atoms with van der Waals surface area (Å²) in [5, 5.41) is 9.57. The van der Waals surface area contributed by atoms with Crippen LogP contribution in [0, 0.1) is 0 Å². The fraction of sp³-hybridized carbons (Fsp3) is 0.625. The summed E-state index contributed by atoms with van der Waals surface area (Å²) < 4.78 is 0. The first kappa shape index (κ1) is 14.4. The van der Waals surface area contributed by atoms with Crippen molar-refractivity contribution in [1.29, 1.82) is 0 Å². The van der Waals surface area contributed by atoms with Crippen molar-refractivity contribution in [2.75, 3.05) is 18.1 Å². The van der Waals surface area contributed by atoms with Gasteiger partial charge in [-0.3, -0.25) is 0 Å². The number of aliphatic hydroxyl groups excluding tert-OH is 1. The molecule has 19 heavy (non-hydrogen) atoms. The SMILES string of the molecule is CC[C@H](N)c1ccc(N2CCCCCC2CO)cc1. The van der Waals surface area contributed by atoms with E-state index < -0.39 is 0 Å². The van der Waals surface area contributed by atoms with Gasteiger partial charge in [0.2, 0.25) is 0 Å². The smallest absolute Gasteiger partial charge is 0.0635 e. The minimum absolute atomic E-state index is 0.131. The molecule has 0 radical (unpaired) electrons. The van der Waals surface area contributed by atoms with Crippen molar-refractivity contribution in [3.8, 4) is 0 Å². The predicted molar refractivity (Wildman–Crippen MR) is 80.3 cm³/mol. The maximum atomic E-state index is 9.57. The van der Waals surface area contributed by atoms with Gasteiger partial charge < -0.3 is 15.7 Å². The molecule has 1 unspecified atom stereocenters. The highest BCUT2D eigenvalue weighted by molar-refractivity contribution is 5.49. The molecule has 0 aromatic heterocycles. The van der Waals surface area contributed by atoms with Crippen LogP contribution in [0.2, 0.25) is 0 Å². The van der Waals surface area contributed by atoms with Gasteiger partial charge in [0.25, 0.3) is 0 Å². The van der Waals surface area contributed by atoms with Crippen LogP contribution in [0.1, 0.15) is 50.6 Å². The second-order valence-corrected chi connectivity index (χ2v) is 5.49. The lowest BCUT2D eigenvalue weighted by Gasteiger charge is -2.31. The summed E-state index contributed by atoms with van der Waals surface area (Å²) in [6.45, 7) is 3.40. The van der Waals surface area contributed by atoms with E-state index in [0.717, 1.165) is 19.4 Å². The van der Waals surface area contributed by atoms with Gasteiger partial charge in [0, 0.05) is 18.3 Å². The maximum absolute atomic E-state index is 9.57. The Morgan fingerprint density at radius 3 is 2.63 bits per heavy atom. The average Bonchev–Trinajstić information content (AvgIpc) is 2.71. The van der Waals surface area contributed by atoms with Crippen LogP contribution in [0.25, 0.3) is 0 Å². The fourth-order valence-electron chi connectivity index (χ4n) is 2.86. The minimum Gasteiger partial charge on any atom is -0.394 e. The van der Waals surface area contributed by atoms with Crippen molar-refractivity contribution in [3.63, 3.8) is 0 Å². The predicted octanol–water partition coefficient (Wildman–Crippen LogP) is 2.84. The maximum Gasteiger partial charge on any atom is 0.0635 e. The minimum atomic E-state index is 0.131. The Balaban J connectivity index is 2.14. The van der Waals surface area contributed by atoms with E-state index in [9.17, 15) is 5.11 Å². The molecule has 3 N–H and O–H groups in total. The Kier molecular flexibility index (Phi) is 5.23. The third-order valence-electron chi connectivity index (χ3n) is 4.18. The summed E-state index contributed by atoms with van der Waals surface area (Å²) in [5.74, 6) is 0. The Hall–Kier alpha value is -1.06. The molecule has 1 aromatic rings. The number of nitrogens with zero attached hydrogens (tertiary/aromatic N) is 1. The number of anilines is 1. The summed E-state index contributed by atoms with van der Waals surface area (Å²) in [7, 11) is 0. The van der Waals surface area contributed by atoms with Crippen LogP contribution in [0.5, 0.6) is 0 Å². The zero-order valence-corrected chi connectivity index (χ0v) is 11.9. The van der Waals surface area contributed by atoms with Crippen LogP contribution in [-0.4, -0.2) is 24.3 Å². The van der Waals surface area contributed by atoms with Gasteiger partial charge in [-0.1, -0.05) is 31.9 Å². The molecule has 0 saturated carbocycles. The molecule has 0 spiro atoms. The Morgan fingerprint density at radius 1 is 1.26 bits per heavy atom. The lowest BCUT2D eigenvalue weighted by atomic mass is 10.0. The topological polar surface area (TPSA) is 49.5 Å². The van der Waals surface area contributed by atoms with E-state index in [1.54, 1.807) is 0 Å². The second-order valence-electron chi connectivity index (χ2n) is 5.49. The van der Waals surface area contributed by atoms with E-state index in [-0.39, 0.29) is 18.7 Å². The molecule has 0 aliphatic carbocycles. The van der Waals surface area contributed by atoms with Crippen LogP contribution in [0.4, 0.5) is 5.69 Å². The van der Waals surface area contributed by atoms with Crippen LogP contribution in [-0.2, 0) is 0 Å². The molecule has 1 fully saturated rings. The van der Waals surface area contributed by atoms with Crippen LogP contribution in [0.15, 0.2) is 24.3 Å².